The summed E-state index contributed by atoms with van der Waals surface area (Å²) >= 11 is 8.96. The second-order valence-corrected chi connectivity index (χ2v) is 5.04. The van der Waals surface area contributed by atoms with Crippen LogP contribution in [-0.2, 0) is 0 Å². The average Bonchev–Trinajstić information content (AvgIpc) is 2.41. The van der Waals surface area contributed by atoms with Crippen LogP contribution in [0.3, 0.4) is 0 Å². The molecule has 0 aliphatic carbocycles. The zero-order valence-electron chi connectivity index (χ0n) is 10.3. The smallest absolute Gasteiger partial charge is 0.387 e. The third-order valence-corrected chi connectivity index (χ3v) is 3.09. The number of anilines is 1. The first kappa shape index (κ1) is 15.7. The van der Waals surface area contributed by atoms with Gasteiger partial charge in [0.25, 0.3) is 5.91 Å². The highest BCUT2D eigenvalue weighted by Crippen LogP contribution is 2.29. The number of hydrogen-bond donors (Lipinski definition) is 1. The second-order valence-electron chi connectivity index (χ2n) is 3.82. The number of hydrogen-bond acceptors (Lipinski definition) is 3. The normalized spacial score (nSPS) is 10.5. The van der Waals surface area contributed by atoms with Crippen molar-refractivity contribution in [3.8, 4) is 5.75 Å². The number of halogens is 4. The Morgan fingerprint density at radius 3 is 2.71 bits per heavy atom. The molecule has 2 rings (SSSR count). The lowest BCUT2D eigenvalue weighted by atomic mass is 10.2. The number of carbonyl (C=O) groups excluding carboxylic acids is 1. The Morgan fingerprint density at radius 2 is 2.10 bits per heavy atom. The van der Waals surface area contributed by atoms with Crippen molar-refractivity contribution in [1.29, 1.82) is 0 Å². The molecule has 0 unspecified atom stereocenters. The molecule has 4 nitrogen and oxygen atoms in total. The van der Waals surface area contributed by atoms with E-state index in [0.717, 1.165) is 0 Å². The van der Waals surface area contributed by atoms with Gasteiger partial charge in [-0.2, -0.15) is 8.78 Å². The monoisotopic (exact) mass is 376 g/mol. The minimum Gasteiger partial charge on any atom is -0.433 e. The number of alkyl halides is 2. The molecule has 0 spiro atoms. The van der Waals surface area contributed by atoms with Crippen molar-refractivity contribution in [2.75, 3.05) is 5.32 Å². The first-order chi connectivity index (χ1) is 9.95. The molecule has 1 N–H and O–H groups in total. The molecular formula is C13H8BrClF2N2O2. The molecule has 21 heavy (non-hydrogen) atoms. The van der Waals surface area contributed by atoms with Gasteiger partial charge in [0, 0.05) is 5.69 Å². The Kier molecular flexibility index (Phi) is 5.08. The number of amides is 1. The Hall–Kier alpha value is -1.73. The lowest BCUT2D eigenvalue weighted by Gasteiger charge is -2.09. The minimum absolute atomic E-state index is 0.0321. The van der Waals surface area contributed by atoms with Crippen LogP contribution in [0.2, 0.25) is 5.02 Å². The average molecular weight is 378 g/mol. The third-order valence-electron chi connectivity index (χ3n) is 2.35. The Labute approximate surface area is 132 Å². The van der Waals surface area contributed by atoms with E-state index in [9.17, 15) is 13.6 Å². The van der Waals surface area contributed by atoms with Crippen molar-refractivity contribution in [2.24, 2.45) is 0 Å². The SMILES string of the molecule is O=C(Nc1ccc(OC(F)F)c(Cl)c1)c1cccc(Br)n1. The van der Waals surface area contributed by atoms with Crippen LogP contribution < -0.4 is 10.1 Å². The number of nitrogens with one attached hydrogen (secondary N) is 1. The first-order valence-corrected chi connectivity index (χ1v) is 6.81. The topological polar surface area (TPSA) is 51.2 Å². The fourth-order valence-corrected chi connectivity index (χ4v) is 2.07. The van der Waals surface area contributed by atoms with Gasteiger partial charge in [0.15, 0.2) is 0 Å². The summed E-state index contributed by atoms with van der Waals surface area (Å²) in [5.74, 6) is -0.611. The summed E-state index contributed by atoms with van der Waals surface area (Å²) in [5, 5.41) is 2.52. The summed E-state index contributed by atoms with van der Waals surface area (Å²) < 4.78 is 28.9. The van der Waals surface area contributed by atoms with E-state index in [4.69, 9.17) is 11.6 Å². The Morgan fingerprint density at radius 1 is 1.33 bits per heavy atom. The summed E-state index contributed by atoms with van der Waals surface area (Å²) in [4.78, 5) is 15.9. The number of nitrogens with zero attached hydrogens (tertiary/aromatic N) is 1. The molecule has 0 saturated heterocycles. The van der Waals surface area contributed by atoms with E-state index >= 15 is 0 Å². The largest absolute Gasteiger partial charge is 0.433 e. The van der Waals surface area contributed by atoms with E-state index in [2.05, 4.69) is 31.0 Å². The fourth-order valence-electron chi connectivity index (χ4n) is 1.50. The zero-order valence-corrected chi connectivity index (χ0v) is 12.7. The van der Waals surface area contributed by atoms with Crippen molar-refractivity contribution in [3.05, 3.63) is 51.7 Å². The molecule has 0 bridgehead atoms. The maximum atomic E-state index is 12.1. The molecule has 1 aromatic carbocycles. The zero-order chi connectivity index (χ0) is 15.4. The van der Waals surface area contributed by atoms with Crippen LogP contribution in [0, 0.1) is 0 Å². The molecule has 0 aliphatic heterocycles. The quantitative estimate of drug-likeness (QED) is 0.806. The fraction of sp³-hybridized carbons (Fsp3) is 0.0769. The van der Waals surface area contributed by atoms with E-state index in [1.165, 1.54) is 24.3 Å². The molecule has 1 heterocycles. The van der Waals surface area contributed by atoms with Crippen LogP contribution in [-0.4, -0.2) is 17.5 Å². The maximum Gasteiger partial charge on any atom is 0.387 e. The number of pyridine rings is 1. The molecule has 0 saturated carbocycles. The predicted molar refractivity (Wildman–Crippen MR) is 78.0 cm³/mol. The number of carbonyl (C=O) groups is 1. The highest BCUT2D eigenvalue weighted by Gasteiger charge is 2.12. The van der Waals surface area contributed by atoms with Crippen LogP contribution in [0.15, 0.2) is 41.0 Å². The Balaban J connectivity index is 2.13. The van der Waals surface area contributed by atoms with Gasteiger partial charge >= 0.3 is 6.61 Å². The molecule has 0 atom stereocenters. The lowest BCUT2D eigenvalue weighted by molar-refractivity contribution is -0.0497. The maximum absolute atomic E-state index is 12.1. The van der Waals surface area contributed by atoms with Crippen LogP contribution in [0.25, 0.3) is 0 Å². The van der Waals surface area contributed by atoms with E-state index in [1.807, 2.05) is 0 Å². The van der Waals surface area contributed by atoms with E-state index in [1.54, 1.807) is 12.1 Å². The van der Waals surface area contributed by atoms with Crippen molar-refractivity contribution in [3.63, 3.8) is 0 Å². The molecule has 0 fully saturated rings. The lowest BCUT2D eigenvalue weighted by Crippen LogP contribution is -2.13. The highest BCUT2D eigenvalue weighted by atomic mass is 79.9. The van der Waals surface area contributed by atoms with Crippen molar-refractivity contribution in [1.82, 2.24) is 4.98 Å². The standard InChI is InChI=1S/C13H8BrClF2N2O2/c14-11-3-1-2-9(19-11)12(20)18-7-4-5-10(8(15)6-7)21-13(16)17/h1-6,13H,(H,18,20). The molecule has 1 amide bonds. The van der Waals surface area contributed by atoms with Gasteiger partial charge in [-0.1, -0.05) is 17.7 Å². The molecule has 2 aromatic rings. The summed E-state index contributed by atoms with van der Waals surface area (Å²) in [5.41, 5.74) is 0.543. The molecule has 0 radical (unpaired) electrons. The highest BCUT2D eigenvalue weighted by molar-refractivity contribution is 9.10. The van der Waals surface area contributed by atoms with Gasteiger partial charge < -0.3 is 10.1 Å². The van der Waals surface area contributed by atoms with Crippen LogP contribution in [0.5, 0.6) is 5.75 Å². The van der Waals surface area contributed by atoms with Crippen LogP contribution >= 0.6 is 27.5 Å². The van der Waals surface area contributed by atoms with Gasteiger partial charge in [-0.25, -0.2) is 4.98 Å². The summed E-state index contributed by atoms with van der Waals surface area (Å²) in [6.45, 7) is -2.96. The molecule has 8 heteroatoms. The van der Waals surface area contributed by atoms with Crippen molar-refractivity contribution >= 4 is 39.1 Å². The first-order valence-electron chi connectivity index (χ1n) is 5.64. The molecule has 1 aromatic heterocycles. The Bertz CT molecular complexity index is 670. The van der Waals surface area contributed by atoms with Gasteiger partial charge in [-0.15, -0.1) is 0 Å². The molecular weight excluding hydrogens is 370 g/mol. The van der Waals surface area contributed by atoms with Crippen LogP contribution in [0.4, 0.5) is 14.5 Å². The van der Waals surface area contributed by atoms with Crippen LogP contribution in [0.1, 0.15) is 10.5 Å². The third kappa shape index (κ3) is 4.37. The van der Waals surface area contributed by atoms with Gasteiger partial charge in [-0.3, -0.25) is 4.79 Å². The second kappa shape index (κ2) is 6.82. The van der Waals surface area contributed by atoms with Gasteiger partial charge in [-0.05, 0) is 46.3 Å². The van der Waals surface area contributed by atoms with Gasteiger partial charge in [0.2, 0.25) is 0 Å². The number of ether oxygens (including phenoxy) is 1. The van der Waals surface area contributed by atoms with E-state index in [0.29, 0.717) is 10.3 Å². The number of aromatic nitrogens is 1. The van der Waals surface area contributed by atoms with Crippen molar-refractivity contribution < 1.29 is 18.3 Å². The van der Waals surface area contributed by atoms with Crippen molar-refractivity contribution in [2.45, 2.75) is 6.61 Å². The molecule has 0 aliphatic rings. The summed E-state index contributed by atoms with van der Waals surface area (Å²) in [6, 6.07) is 8.85. The van der Waals surface area contributed by atoms with Gasteiger partial charge in [0.1, 0.15) is 16.0 Å². The summed E-state index contributed by atoms with van der Waals surface area (Å²) in [6.07, 6.45) is 0. The molecule has 110 valence electrons. The minimum atomic E-state index is -2.96. The van der Waals surface area contributed by atoms with E-state index in [-0.39, 0.29) is 16.5 Å². The summed E-state index contributed by atoms with van der Waals surface area (Å²) in [7, 11) is 0. The van der Waals surface area contributed by atoms with E-state index < -0.39 is 12.5 Å². The number of benzene rings is 1. The van der Waals surface area contributed by atoms with Gasteiger partial charge in [0.05, 0.1) is 5.02 Å². The number of rotatable bonds is 4. The predicted octanol–water partition coefficient (Wildman–Crippen LogP) is 4.35.